The summed E-state index contributed by atoms with van der Waals surface area (Å²) in [5.74, 6) is 3.17. The average molecular weight is 359 g/mol. The molecule has 0 radical (unpaired) electrons. The molecular weight excluding hydrogens is 334 g/mol. The second kappa shape index (κ2) is 8.09. The smallest absolute Gasteiger partial charge is 0.227 e. The monoisotopic (exact) mass is 359 g/mol. The van der Waals surface area contributed by atoms with Crippen molar-refractivity contribution in [3.8, 4) is 17.2 Å². The van der Waals surface area contributed by atoms with Gasteiger partial charge in [0.05, 0.1) is 21.3 Å². The Bertz CT molecular complexity index is 722. The van der Waals surface area contributed by atoms with Gasteiger partial charge in [-0.3, -0.25) is 0 Å². The maximum Gasteiger partial charge on any atom is 0.227 e. The minimum Gasteiger partial charge on any atom is -0.493 e. The number of nitrogens with zero attached hydrogens (tertiary/aromatic N) is 4. The van der Waals surface area contributed by atoms with Crippen LogP contribution < -0.4 is 24.4 Å². The van der Waals surface area contributed by atoms with E-state index in [1.165, 1.54) is 0 Å². The molecule has 3 rings (SSSR count). The zero-order chi connectivity index (χ0) is 18.5. The molecule has 0 aliphatic carbocycles. The summed E-state index contributed by atoms with van der Waals surface area (Å²) in [5.41, 5.74) is 0.794. The number of methoxy groups -OCH3 is 3. The first-order chi connectivity index (χ1) is 12.6. The Morgan fingerprint density at radius 3 is 2.19 bits per heavy atom. The van der Waals surface area contributed by atoms with Gasteiger partial charge in [0.1, 0.15) is 5.82 Å². The quantitative estimate of drug-likeness (QED) is 0.840. The van der Waals surface area contributed by atoms with Gasteiger partial charge in [-0.2, -0.15) is 4.98 Å². The summed E-state index contributed by atoms with van der Waals surface area (Å²) in [5, 5.41) is 3.29. The summed E-state index contributed by atoms with van der Waals surface area (Å²) < 4.78 is 16.1. The Kier molecular flexibility index (Phi) is 5.62. The van der Waals surface area contributed by atoms with E-state index in [0.29, 0.717) is 23.1 Å². The van der Waals surface area contributed by atoms with Crippen LogP contribution in [0.1, 0.15) is 0 Å². The number of piperazine rings is 1. The van der Waals surface area contributed by atoms with Crippen LogP contribution in [0.4, 0.5) is 17.5 Å². The highest BCUT2D eigenvalue weighted by atomic mass is 16.5. The molecular formula is C18H25N5O3. The van der Waals surface area contributed by atoms with Crippen LogP contribution in [0, 0.1) is 0 Å². The number of nitrogens with one attached hydrogen (secondary N) is 1. The molecule has 2 aromatic rings. The summed E-state index contributed by atoms with van der Waals surface area (Å²) in [7, 11) is 6.90. The number of anilines is 3. The van der Waals surface area contributed by atoms with E-state index in [0.717, 1.165) is 37.8 Å². The fraction of sp³-hybridized carbons (Fsp3) is 0.444. The number of ether oxygens (including phenoxy) is 3. The van der Waals surface area contributed by atoms with Gasteiger partial charge in [0.15, 0.2) is 11.5 Å². The van der Waals surface area contributed by atoms with E-state index >= 15 is 0 Å². The van der Waals surface area contributed by atoms with Crippen molar-refractivity contribution >= 4 is 17.5 Å². The Labute approximate surface area is 153 Å². The van der Waals surface area contributed by atoms with E-state index in [1.807, 2.05) is 18.2 Å². The fourth-order valence-electron chi connectivity index (χ4n) is 2.88. The molecule has 0 bridgehead atoms. The molecule has 0 saturated carbocycles. The third-order valence-electron chi connectivity index (χ3n) is 4.37. The van der Waals surface area contributed by atoms with Crippen molar-refractivity contribution < 1.29 is 14.2 Å². The Morgan fingerprint density at radius 2 is 1.62 bits per heavy atom. The van der Waals surface area contributed by atoms with Gasteiger partial charge >= 0.3 is 0 Å². The predicted molar refractivity (Wildman–Crippen MR) is 101 cm³/mol. The van der Waals surface area contributed by atoms with Crippen molar-refractivity contribution in [2.75, 3.05) is 64.8 Å². The Hall–Kier alpha value is -2.74. The first-order valence-corrected chi connectivity index (χ1v) is 8.48. The normalized spacial score (nSPS) is 14.8. The largest absolute Gasteiger partial charge is 0.493 e. The van der Waals surface area contributed by atoms with Gasteiger partial charge in [-0.15, -0.1) is 0 Å². The van der Waals surface area contributed by atoms with Crippen LogP contribution in [-0.2, 0) is 0 Å². The van der Waals surface area contributed by atoms with E-state index in [2.05, 4.69) is 32.1 Å². The molecule has 26 heavy (non-hydrogen) atoms. The lowest BCUT2D eigenvalue weighted by Crippen LogP contribution is -2.45. The molecule has 140 valence electrons. The van der Waals surface area contributed by atoms with Crippen molar-refractivity contribution in [2.24, 2.45) is 0 Å². The first-order valence-electron chi connectivity index (χ1n) is 8.48. The molecule has 8 nitrogen and oxygen atoms in total. The minimum atomic E-state index is 0.557. The predicted octanol–water partition coefficient (Wildman–Crippen LogP) is 2.00. The molecule has 1 aliphatic heterocycles. The van der Waals surface area contributed by atoms with Crippen LogP contribution in [0.3, 0.4) is 0 Å². The standard InChI is InChI=1S/C18H25N5O3/c1-22-7-9-23(10-8-22)18-19-6-5-16(21-18)20-13-11-14(24-2)17(26-4)15(12-13)25-3/h5-6,11-12H,7-10H2,1-4H3,(H,19,20,21). The molecule has 1 aromatic carbocycles. The van der Waals surface area contributed by atoms with Gasteiger partial charge in [-0.05, 0) is 13.1 Å². The molecule has 8 heteroatoms. The highest BCUT2D eigenvalue weighted by Gasteiger charge is 2.17. The maximum atomic E-state index is 5.40. The van der Waals surface area contributed by atoms with Crippen LogP contribution in [0.5, 0.6) is 17.2 Å². The summed E-state index contributed by atoms with van der Waals surface area (Å²) >= 11 is 0. The van der Waals surface area contributed by atoms with Gasteiger partial charge in [-0.25, -0.2) is 4.98 Å². The van der Waals surface area contributed by atoms with Crippen molar-refractivity contribution in [2.45, 2.75) is 0 Å². The van der Waals surface area contributed by atoms with Crippen LogP contribution in [0.15, 0.2) is 24.4 Å². The van der Waals surface area contributed by atoms with Crippen LogP contribution in [0.25, 0.3) is 0 Å². The summed E-state index contributed by atoms with van der Waals surface area (Å²) in [4.78, 5) is 13.5. The lowest BCUT2D eigenvalue weighted by molar-refractivity contribution is 0.311. The van der Waals surface area contributed by atoms with Gasteiger partial charge in [0.25, 0.3) is 0 Å². The van der Waals surface area contributed by atoms with E-state index in [9.17, 15) is 0 Å². The van der Waals surface area contributed by atoms with Crippen LogP contribution in [0.2, 0.25) is 0 Å². The first kappa shape index (κ1) is 18.1. The third-order valence-corrected chi connectivity index (χ3v) is 4.37. The number of rotatable bonds is 6. The number of benzene rings is 1. The molecule has 0 amide bonds. The number of hydrogen-bond donors (Lipinski definition) is 1. The van der Waals surface area contributed by atoms with E-state index in [-0.39, 0.29) is 0 Å². The second-order valence-corrected chi connectivity index (χ2v) is 6.07. The number of likely N-dealkylation sites (N-methyl/N-ethyl adjacent to an activating group) is 1. The molecule has 1 saturated heterocycles. The van der Waals surface area contributed by atoms with Crippen LogP contribution >= 0.6 is 0 Å². The molecule has 1 fully saturated rings. The summed E-state index contributed by atoms with van der Waals surface area (Å²) in [6, 6.07) is 5.53. The van der Waals surface area contributed by atoms with Gasteiger partial charge in [0.2, 0.25) is 11.7 Å². The van der Waals surface area contributed by atoms with Gasteiger partial charge < -0.3 is 29.3 Å². The van der Waals surface area contributed by atoms with Crippen molar-refractivity contribution in [3.63, 3.8) is 0 Å². The van der Waals surface area contributed by atoms with Crippen molar-refractivity contribution in [1.82, 2.24) is 14.9 Å². The van der Waals surface area contributed by atoms with Crippen LogP contribution in [-0.4, -0.2) is 69.4 Å². The summed E-state index contributed by atoms with van der Waals surface area (Å²) in [6.07, 6.45) is 1.76. The molecule has 1 aliphatic rings. The topological polar surface area (TPSA) is 72.0 Å². The molecule has 0 unspecified atom stereocenters. The second-order valence-electron chi connectivity index (χ2n) is 6.07. The molecule has 1 aromatic heterocycles. The highest BCUT2D eigenvalue weighted by molar-refractivity contribution is 5.66. The molecule has 0 atom stereocenters. The molecule has 0 spiro atoms. The lowest BCUT2D eigenvalue weighted by Gasteiger charge is -2.32. The zero-order valence-corrected chi connectivity index (χ0v) is 15.7. The molecule has 1 N–H and O–H groups in total. The highest BCUT2D eigenvalue weighted by Crippen LogP contribution is 2.40. The van der Waals surface area contributed by atoms with Gasteiger partial charge in [0, 0.05) is 50.2 Å². The van der Waals surface area contributed by atoms with Crippen molar-refractivity contribution in [3.05, 3.63) is 24.4 Å². The average Bonchev–Trinajstić information content (AvgIpc) is 2.68. The minimum absolute atomic E-state index is 0.557. The van der Waals surface area contributed by atoms with E-state index < -0.39 is 0 Å². The number of aromatic nitrogens is 2. The molecule has 2 heterocycles. The number of hydrogen-bond acceptors (Lipinski definition) is 8. The maximum absolute atomic E-state index is 5.40. The zero-order valence-electron chi connectivity index (χ0n) is 15.7. The SMILES string of the molecule is COc1cc(Nc2ccnc(N3CCN(C)CC3)n2)cc(OC)c1OC. The fourth-order valence-corrected chi connectivity index (χ4v) is 2.88. The lowest BCUT2D eigenvalue weighted by atomic mass is 10.2. The Morgan fingerprint density at radius 1 is 0.962 bits per heavy atom. The third kappa shape index (κ3) is 3.91. The summed E-state index contributed by atoms with van der Waals surface area (Å²) in [6.45, 7) is 3.86. The van der Waals surface area contributed by atoms with E-state index in [4.69, 9.17) is 14.2 Å². The Balaban J connectivity index is 1.82. The van der Waals surface area contributed by atoms with E-state index in [1.54, 1.807) is 27.5 Å². The van der Waals surface area contributed by atoms with Crippen molar-refractivity contribution in [1.29, 1.82) is 0 Å². The van der Waals surface area contributed by atoms with Gasteiger partial charge in [-0.1, -0.05) is 0 Å².